The highest BCUT2D eigenvalue weighted by molar-refractivity contribution is 8.01. The van der Waals surface area contributed by atoms with Gasteiger partial charge in [-0.2, -0.15) is 0 Å². The molecule has 1 aliphatic heterocycles. The summed E-state index contributed by atoms with van der Waals surface area (Å²) in [6.07, 6.45) is 1.70. The van der Waals surface area contributed by atoms with Gasteiger partial charge >= 0.3 is 0 Å². The van der Waals surface area contributed by atoms with Gasteiger partial charge in [0.05, 0.1) is 24.5 Å². The number of hydrogen-bond donors (Lipinski definition) is 2. The molecule has 0 bridgehead atoms. The van der Waals surface area contributed by atoms with Gasteiger partial charge in [0.15, 0.2) is 4.34 Å². The van der Waals surface area contributed by atoms with E-state index in [4.69, 9.17) is 4.42 Å². The average Bonchev–Trinajstić information content (AvgIpc) is 3.53. The number of nitrogens with one attached hydrogen (secondary N) is 2. The van der Waals surface area contributed by atoms with E-state index >= 15 is 0 Å². The van der Waals surface area contributed by atoms with Gasteiger partial charge in [0.1, 0.15) is 5.76 Å². The van der Waals surface area contributed by atoms with Crippen LogP contribution in [0.1, 0.15) is 17.7 Å². The lowest BCUT2D eigenvalue weighted by Crippen LogP contribution is -2.28. The maximum absolute atomic E-state index is 12.6. The molecule has 1 aromatic carbocycles. The van der Waals surface area contributed by atoms with Crippen LogP contribution in [0, 0.1) is 12.8 Å². The molecule has 2 N–H and O–H groups in total. The van der Waals surface area contributed by atoms with Crippen LogP contribution in [0.4, 0.5) is 10.8 Å². The van der Waals surface area contributed by atoms with Crippen molar-refractivity contribution in [3.63, 3.8) is 0 Å². The van der Waals surface area contributed by atoms with Crippen molar-refractivity contribution < 1.29 is 18.8 Å². The Morgan fingerprint density at radius 3 is 2.81 bits per heavy atom. The first-order valence-electron chi connectivity index (χ1n) is 9.91. The summed E-state index contributed by atoms with van der Waals surface area (Å²) in [5.74, 6) is -0.120. The molecule has 32 heavy (non-hydrogen) atoms. The molecule has 0 radical (unpaired) electrons. The average molecular weight is 472 g/mol. The molecule has 0 spiro atoms. The van der Waals surface area contributed by atoms with Crippen LogP contribution < -0.4 is 15.5 Å². The molecule has 1 saturated heterocycles. The van der Waals surface area contributed by atoms with Crippen molar-refractivity contribution in [1.29, 1.82) is 0 Å². The van der Waals surface area contributed by atoms with Crippen LogP contribution in [0.2, 0.25) is 0 Å². The summed E-state index contributed by atoms with van der Waals surface area (Å²) in [6.45, 7) is 2.63. The third-order valence-corrected chi connectivity index (χ3v) is 6.82. The predicted molar refractivity (Wildman–Crippen MR) is 121 cm³/mol. The van der Waals surface area contributed by atoms with Crippen molar-refractivity contribution in [2.24, 2.45) is 5.92 Å². The lowest BCUT2D eigenvalue weighted by molar-refractivity contribution is -0.122. The molecule has 2 aromatic heterocycles. The van der Waals surface area contributed by atoms with Crippen molar-refractivity contribution in [2.75, 3.05) is 22.5 Å². The number of benzene rings is 1. The van der Waals surface area contributed by atoms with Gasteiger partial charge in [-0.25, -0.2) is 0 Å². The van der Waals surface area contributed by atoms with E-state index in [1.807, 2.05) is 31.2 Å². The smallest absolute Gasteiger partial charge is 0.231 e. The molecule has 3 heterocycles. The fourth-order valence-corrected chi connectivity index (χ4v) is 4.75. The molecule has 3 aromatic rings. The molecule has 11 heteroatoms. The zero-order chi connectivity index (χ0) is 22.5. The Kier molecular flexibility index (Phi) is 6.86. The summed E-state index contributed by atoms with van der Waals surface area (Å²) in [5, 5.41) is 13.8. The van der Waals surface area contributed by atoms with Crippen LogP contribution in [0.3, 0.4) is 0 Å². The number of furan rings is 1. The molecule has 166 valence electrons. The van der Waals surface area contributed by atoms with Crippen molar-refractivity contribution >= 4 is 51.6 Å². The third kappa shape index (κ3) is 5.54. The Balaban J connectivity index is 1.25. The standard InChI is InChI=1S/C21H21N5O4S2/c1-13-4-6-15(7-5-13)26-11-14(9-18(26)28)19(29)23-20-24-25-21(32-20)31-12-17(27)22-10-16-3-2-8-30-16/h2-8,14H,9-12H2,1H3,(H,22,27)(H,23,24,29). The Labute approximate surface area is 192 Å². The van der Waals surface area contributed by atoms with E-state index < -0.39 is 5.92 Å². The lowest BCUT2D eigenvalue weighted by atomic mass is 10.1. The number of thioether (sulfide) groups is 1. The summed E-state index contributed by atoms with van der Waals surface area (Å²) in [4.78, 5) is 38.6. The van der Waals surface area contributed by atoms with Crippen molar-refractivity contribution in [2.45, 2.75) is 24.2 Å². The molecular formula is C21H21N5O4S2. The minimum atomic E-state index is -0.462. The number of carbonyl (C=O) groups is 3. The van der Waals surface area contributed by atoms with E-state index in [0.717, 1.165) is 11.3 Å². The van der Waals surface area contributed by atoms with Crippen LogP contribution in [0.5, 0.6) is 0 Å². The molecule has 4 rings (SSSR count). The first kappa shape index (κ1) is 22.0. The van der Waals surface area contributed by atoms with Gasteiger partial charge in [-0.1, -0.05) is 40.8 Å². The van der Waals surface area contributed by atoms with Crippen LogP contribution >= 0.6 is 23.1 Å². The summed E-state index contributed by atoms with van der Waals surface area (Å²) >= 11 is 2.42. The van der Waals surface area contributed by atoms with E-state index in [1.165, 1.54) is 23.1 Å². The topological polar surface area (TPSA) is 117 Å². The zero-order valence-electron chi connectivity index (χ0n) is 17.2. The van der Waals surface area contributed by atoms with Crippen molar-refractivity contribution in [3.8, 4) is 0 Å². The molecule has 3 amide bonds. The number of anilines is 2. The second-order valence-corrected chi connectivity index (χ2v) is 9.45. The number of aromatic nitrogens is 2. The van der Waals surface area contributed by atoms with Gasteiger partial charge in [-0.3, -0.25) is 14.4 Å². The summed E-state index contributed by atoms with van der Waals surface area (Å²) in [6, 6.07) is 11.2. The van der Waals surface area contributed by atoms with E-state index in [-0.39, 0.29) is 29.9 Å². The highest BCUT2D eigenvalue weighted by atomic mass is 32.2. The number of amides is 3. The van der Waals surface area contributed by atoms with Gasteiger partial charge in [0.2, 0.25) is 22.9 Å². The minimum absolute atomic E-state index is 0.0805. The highest BCUT2D eigenvalue weighted by Gasteiger charge is 2.35. The molecule has 1 fully saturated rings. The molecular weight excluding hydrogens is 450 g/mol. The van der Waals surface area contributed by atoms with Crippen LogP contribution in [-0.2, 0) is 20.9 Å². The van der Waals surface area contributed by atoms with Crippen LogP contribution in [0.25, 0.3) is 0 Å². The lowest BCUT2D eigenvalue weighted by Gasteiger charge is -2.16. The fourth-order valence-electron chi connectivity index (χ4n) is 3.16. The van der Waals surface area contributed by atoms with Crippen LogP contribution in [-0.4, -0.2) is 40.2 Å². The van der Waals surface area contributed by atoms with E-state index in [1.54, 1.807) is 23.3 Å². The normalized spacial score (nSPS) is 15.7. The minimum Gasteiger partial charge on any atom is -0.467 e. The van der Waals surface area contributed by atoms with Crippen LogP contribution in [0.15, 0.2) is 51.4 Å². The quantitative estimate of drug-likeness (QED) is 0.383. The Morgan fingerprint density at radius 2 is 2.06 bits per heavy atom. The van der Waals surface area contributed by atoms with Crippen molar-refractivity contribution in [1.82, 2.24) is 15.5 Å². The number of nitrogens with zero attached hydrogens (tertiary/aromatic N) is 3. The summed E-state index contributed by atoms with van der Waals surface area (Å²) in [7, 11) is 0. The van der Waals surface area contributed by atoms with Gasteiger partial charge in [-0.05, 0) is 31.2 Å². The maximum atomic E-state index is 12.6. The van der Waals surface area contributed by atoms with Gasteiger partial charge in [0, 0.05) is 18.7 Å². The third-order valence-electron chi connectivity index (χ3n) is 4.84. The first-order valence-corrected chi connectivity index (χ1v) is 11.7. The molecule has 1 atom stereocenters. The largest absolute Gasteiger partial charge is 0.467 e. The Morgan fingerprint density at radius 1 is 1.25 bits per heavy atom. The molecule has 9 nitrogen and oxygen atoms in total. The molecule has 1 unspecified atom stereocenters. The highest BCUT2D eigenvalue weighted by Crippen LogP contribution is 2.28. The van der Waals surface area contributed by atoms with Gasteiger partial charge in [0.25, 0.3) is 0 Å². The number of hydrogen-bond acceptors (Lipinski definition) is 8. The monoisotopic (exact) mass is 471 g/mol. The predicted octanol–water partition coefficient (Wildman–Crippen LogP) is 2.84. The first-order chi connectivity index (χ1) is 15.5. The zero-order valence-corrected chi connectivity index (χ0v) is 18.9. The van der Waals surface area contributed by atoms with E-state index in [0.29, 0.717) is 28.3 Å². The van der Waals surface area contributed by atoms with E-state index in [2.05, 4.69) is 20.8 Å². The fraction of sp³-hybridized carbons (Fsp3) is 0.286. The molecule has 0 aliphatic carbocycles. The molecule has 1 aliphatic rings. The summed E-state index contributed by atoms with van der Waals surface area (Å²) < 4.78 is 5.73. The number of carbonyl (C=O) groups excluding carboxylic acids is 3. The Bertz CT molecular complexity index is 1100. The van der Waals surface area contributed by atoms with E-state index in [9.17, 15) is 14.4 Å². The Hall–Kier alpha value is -3.18. The SMILES string of the molecule is Cc1ccc(N2CC(C(=O)Nc3nnc(SCC(=O)NCc4ccco4)s3)CC2=O)cc1. The number of aryl methyl sites for hydroxylation is 1. The maximum Gasteiger partial charge on any atom is 0.231 e. The van der Waals surface area contributed by atoms with Gasteiger partial charge < -0.3 is 20.0 Å². The van der Waals surface area contributed by atoms with Gasteiger partial charge in [-0.15, -0.1) is 10.2 Å². The summed E-state index contributed by atoms with van der Waals surface area (Å²) in [5.41, 5.74) is 1.89. The van der Waals surface area contributed by atoms with Crippen molar-refractivity contribution in [3.05, 3.63) is 54.0 Å². The number of rotatable bonds is 8. The second-order valence-electron chi connectivity index (χ2n) is 7.25. The molecule has 0 saturated carbocycles. The second kappa shape index (κ2) is 9.96.